The van der Waals surface area contributed by atoms with Crippen LogP contribution >= 0.6 is 0 Å². The lowest BCUT2D eigenvalue weighted by atomic mass is 10.1. The molecule has 2 saturated heterocycles. The monoisotopic (exact) mass is 308 g/mol. The fourth-order valence-corrected chi connectivity index (χ4v) is 3.99. The summed E-state index contributed by atoms with van der Waals surface area (Å²) in [7, 11) is 0. The standard InChI is InChI=1S/C18H20N4O/c1-18-8-14(10-23-18)22(11-18)13-4-5-15-16(7-13)20-9-12-3-2-6-19-17(12)21-15/h2-7,14,20H,8-11H2,1H3,(H,19,21)/t14-,18-/m0/s1. The molecule has 2 bridgehead atoms. The molecule has 5 nitrogen and oxygen atoms in total. The largest absolute Gasteiger partial charge is 0.379 e. The van der Waals surface area contributed by atoms with Crippen molar-refractivity contribution in [3.63, 3.8) is 0 Å². The molecular weight excluding hydrogens is 288 g/mol. The van der Waals surface area contributed by atoms with E-state index in [9.17, 15) is 0 Å². The van der Waals surface area contributed by atoms with Crippen LogP contribution in [-0.4, -0.2) is 29.8 Å². The van der Waals surface area contributed by atoms with Crippen molar-refractivity contribution in [1.82, 2.24) is 4.98 Å². The van der Waals surface area contributed by atoms with Gasteiger partial charge in [0.05, 0.1) is 29.6 Å². The first-order valence-electron chi connectivity index (χ1n) is 8.20. The van der Waals surface area contributed by atoms with Crippen molar-refractivity contribution in [1.29, 1.82) is 0 Å². The summed E-state index contributed by atoms with van der Waals surface area (Å²) in [6, 6.07) is 11.2. The zero-order chi connectivity index (χ0) is 15.4. The average molecular weight is 308 g/mol. The maximum Gasteiger partial charge on any atom is 0.135 e. The van der Waals surface area contributed by atoms with E-state index in [1.165, 1.54) is 11.3 Å². The number of nitrogens with zero attached hydrogens (tertiary/aromatic N) is 2. The van der Waals surface area contributed by atoms with E-state index in [0.717, 1.165) is 43.3 Å². The Balaban J connectivity index is 1.48. The highest BCUT2D eigenvalue weighted by molar-refractivity contribution is 5.80. The van der Waals surface area contributed by atoms with Crippen LogP contribution in [0.3, 0.4) is 0 Å². The van der Waals surface area contributed by atoms with Gasteiger partial charge in [-0.3, -0.25) is 0 Å². The van der Waals surface area contributed by atoms with Crippen molar-refractivity contribution < 1.29 is 4.74 Å². The molecule has 0 aliphatic carbocycles. The third-order valence-electron chi connectivity index (χ3n) is 5.19. The molecule has 5 heteroatoms. The predicted molar refractivity (Wildman–Crippen MR) is 91.4 cm³/mol. The number of pyridine rings is 1. The van der Waals surface area contributed by atoms with Gasteiger partial charge >= 0.3 is 0 Å². The third-order valence-corrected chi connectivity index (χ3v) is 5.19. The SMILES string of the molecule is C[C@@]12C[C@@H](CO1)N(c1ccc3c(c1)NCc1cccnc1N3)C2. The molecule has 1 aromatic carbocycles. The number of fused-ring (bicyclic) bond motifs is 4. The second kappa shape index (κ2) is 4.61. The highest BCUT2D eigenvalue weighted by Gasteiger charge is 2.47. The van der Waals surface area contributed by atoms with Gasteiger partial charge in [-0.25, -0.2) is 4.98 Å². The van der Waals surface area contributed by atoms with Crippen molar-refractivity contribution in [2.24, 2.45) is 0 Å². The molecule has 0 saturated carbocycles. The summed E-state index contributed by atoms with van der Waals surface area (Å²) in [6.07, 6.45) is 2.96. The molecule has 0 radical (unpaired) electrons. The predicted octanol–water partition coefficient (Wildman–Crippen LogP) is 3.12. The van der Waals surface area contributed by atoms with E-state index in [2.05, 4.69) is 51.7 Å². The van der Waals surface area contributed by atoms with Gasteiger partial charge in [0.1, 0.15) is 5.82 Å². The number of ether oxygens (including phenoxy) is 1. The van der Waals surface area contributed by atoms with Crippen molar-refractivity contribution >= 4 is 22.9 Å². The van der Waals surface area contributed by atoms with Crippen LogP contribution in [0.2, 0.25) is 0 Å². The van der Waals surface area contributed by atoms with Crippen LogP contribution < -0.4 is 15.5 Å². The maximum absolute atomic E-state index is 5.89. The molecule has 118 valence electrons. The molecule has 4 heterocycles. The molecule has 2 N–H and O–H groups in total. The van der Waals surface area contributed by atoms with Gasteiger partial charge in [0.15, 0.2) is 0 Å². The van der Waals surface area contributed by atoms with Gasteiger partial charge in [-0.2, -0.15) is 0 Å². The molecule has 23 heavy (non-hydrogen) atoms. The minimum atomic E-state index is 0.0310. The molecule has 5 rings (SSSR count). The van der Waals surface area contributed by atoms with E-state index in [0.29, 0.717) is 6.04 Å². The average Bonchev–Trinajstić information content (AvgIpc) is 3.04. The van der Waals surface area contributed by atoms with Crippen LogP contribution in [0, 0.1) is 0 Å². The fourth-order valence-electron chi connectivity index (χ4n) is 3.99. The molecule has 0 spiro atoms. The second-order valence-electron chi connectivity index (χ2n) is 6.97. The zero-order valence-corrected chi connectivity index (χ0v) is 13.2. The van der Waals surface area contributed by atoms with E-state index in [1.807, 2.05) is 12.3 Å². The second-order valence-corrected chi connectivity index (χ2v) is 6.97. The lowest BCUT2D eigenvalue weighted by Crippen LogP contribution is -2.41. The smallest absolute Gasteiger partial charge is 0.135 e. The quantitative estimate of drug-likeness (QED) is 0.848. The van der Waals surface area contributed by atoms with E-state index in [4.69, 9.17) is 4.74 Å². The number of benzene rings is 1. The van der Waals surface area contributed by atoms with E-state index in [1.54, 1.807) is 0 Å². The number of nitrogens with one attached hydrogen (secondary N) is 2. The maximum atomic E-state index is 5.89. The summed E-state index contributed by atoms with van der Waals surface area (Å²) in [5, 5.41) is 6.98. The Morgan fingerprint density at radius 2 is 2.26 bits per heavy atom. The van der Waals surface area contributed by atoms with Gasteiger partial charge in [0, 0.05) is 37.0 Å². The third kappa shape index (κ3) is 2.07. The molecule has 1 aromatic heterocycles. The van der Waals surface area contributed by atoms with Crippen LogP contribution in [0.5, 0.6) is 0 Å². The van der Waals surface area contributed by atoms with Crippen LogP contribution in [0.1, 0.15) is 18.9 Å². The van der Waals surface area contributed by atoms with Crippen LogP contribution in [0.25, 0.3) is 0 Å². The highest BCUT2D eigenvalue weighted by Crippen LogP contribution is 2.42. The van der Waals surface area contributed by atoms with Gasteiger partial charge in [0.25, 0.3) is 0 Å². The minimum Gasteiger partial charge on any atom is -0.379 e. The number of rotatable bonds is 1. The van der Waals surface area contributed by atoms with Crippen LogP contribution in [0.4, 0.5) is 22.9 Å². The zero-order valence-electron chi connectivity index (χ0n) is 13.2. The number of hydrogen-bond donors (Lipinski definition) is 2. The lowest BCUT2D eigenvalue weighted by Gasteiger charge is -2.32. The lowest BCUT2D eigenvalue weighted by molar-refractivity contribution is 0.0169. The van der Waals surface area contributed by atoms with Gasteiger partial charge in [0.2, 0.25) is 0 Å². The summed E-state index contributed by atoms with van der Waals surface area (Å²) < 4.78 is 5.89. The molecule has 3 aliphatic rings. The molecule has 2 atom stereocenters. The number of morpholine rings is 1. The normalized spacial score (nSPS) is 27.7. The molecule has 2 aromatic rings. The Morgan fingerprint density at radius 1 is 1.30 bits per heavy atom. The first kappa shape index (κ1) is 13.2. The van der Waals surface area contributed by atoms with Gasteiger partial charge < -0.3 is 20.3 Å². The first-order chi connectivity index (χ1) is 11.2. The first-order valence-corrected chi connectivity index (χ1v) is 8.20. The fraction of sp³-hybridized carbons (Fsp3) is 0.389. The highest BCUT2D eigenvalue weighted by atomic mass is 16.5. The van der Waals surface area contributed by atoms with E-state index in [-0.39, 0.29) is 5.60 Å². The molecule has 2 fully saturated rings. The summed E-state index contributed by atoms with van der Waals surface area (Å²) in [4.78, 5) is 6.93. The Labute approximate surface area is 135 Å². The van der Waals surface area contributed by atoms with Crippen LogP contribution in [-0.2, 0) is 11.3 Å². The molecule has 3 aliphatic heterocycles. The van der Waals surface area contributed by atoms with Gasteiger partial charge in [-0.05, 0) is 31.2 Å². The number of anilines is 4. The minimum absolute atomic E-state index is 0.0310. The Bertz CT molecular complexity index is 777. The van der Waals surface area contributed by atoms with Crippen molar-refractivity contribution in [3.05, 3.63) is 42.1 Å². The molecular formula is C18H20N4O. The van der Waals surface area contributed by atoms with E-state index >= 15 is 0 Å². The van der Waals surface area contributed by atoms with Crippen molar-refractivity contribution in [2.45, 2.75) is 31.5 Å². The molecule has 0 amide bonds. The topological polar surface area (TPSA) is 49.4 Å². The summed E-state index contributed by atoms with van der Waals surface area (Å²) in [5.41, 5.74) is 4.70. The summed E-state index contributed by atoms with van der Waals surface area (Å²) in [6.45, 7) is 4.83. The number of aromatic nitrogens is 1. The van der Waals surface area contributed by atoms with Gasteiger partial charge in [-0.15, -0.1) is 0 Å². The Kier molecular flexibility index (Phi) is 2.65. The Morgan fingerprint density at radius 3 is 3.09 bits per heavy atom. The van der Waals surface area contributed by atoms with Crippen molar-refractivity contribution in [2.75, 3.05) is 28.7 Å². The van der Waals surface area contributed by atoms with Gasteiger partial charge in [-0.1, -0.05) is 6.07 Å². The number of hydrogen-bond acceptors (Lipinski definition) is 5. The van der Waals surface area contributed by atoms with Crippen molar-refractivity contribution in [3.8, 4) is 0 Å². The molecule has 0 unspecified atom stereocenters. The summed E-state index contributed by atoms with van der Waals surface area (Å²) >= 11 is 0. The Hall–Kier alpha value is -2.27. The van der Waals surface area contributed by atoms with Crippen LogP contribution in [0.15, 0.2) is 36.5 Å². The van der Waals surface area contributed by atoms with E-state index < -0.39 is 0 Å². The summed E-state index contributed by atoms with van der Waals surface area (Å²) in [5.74, 6) is 0.938.